The molecule has 1 aliphatic heterocycles. The zero-order chi connectivity index (χ0) is 15.8. The van der Waals surface area contributed by atoms with Gasteiger partial charge in [0.1, 0.15) is 0 Å². The maximum absolute atomic E-state index is 6.32. The van der Waals surface area contributed by atoms with Gasteiger partial charge in [-0.3, -0.25) is 0 Å². The van der Waals surface area contributed by atoms with Gasteiger partial charge in [0.2, 0.25) is 0 Å². The molecule has 1 N–H and O–H groups in total. The maximum atomic E-state index is 6.32. The van der Waals surface area contributed by atoms with E-state index in [2.05, 4.69) is 81.0 Å². The van der Waals surface area contributed by atoms with Crippen molar-refractivity contribution >= 4 is 15.9 Å². The van der Waals surface area contributed by atoms with E-state index in [1.807, 2.05) is 0 Å². The Morgan fingerprint density at radius 2 is 2.00 bits per heavy atom. The average Bonchev–Trinajstić information content (AvgIpc) is 2.57. The predicted octanol–water partition coefficient (Wildman–Crippen LogP) is 5.00. The highest BCUT2D eigenvalue weighted by molar-refractivity contribution is 9.10. The van der Waals surface area contributed by atoms with E-state index in [4.69, 9.17) is 4.74 Å². The molecule has 0 amide bonds. The van der Waals surface area contributed by atoms with Gasteiger partial charge in [-0.05, 0) is 70.8 Å². The van der Waals surface area contributed by atoms with Gasteiger partial charge in [-0.15, -0.1) is 0 Å². The molecule has 1 aliphatic rings. The Morgan fingerprint density at radius 3 is 2.52 bits per heavy atom. The summed E-state index contributed by atoms with van der Waals surface area (Å²) in [6.45, 7) is 14.2. The van der Waals surface area contributed by atoms with Gasteiger partial charge < -0.3 is 10.1 Å². The first-order valence-corrected chi connectivity index (χ1v) is 8.65. The van der Waals surface area contributed by atoms with Gasteiger partial charge in [-0.1, -0.05) is 28.9 Å². The minimum atomic E-state index is -0.120. The van der Waals surface area contributed by atoms with E-state index < -0.39 is 0 Å². The van der Waals surface area contributed by atoms with Crippen molar-refractivity contribution in [3.8, 4) is 0 Å². The lowest BCUT2D eigenvalue weighted by atomic mass is 9.78. The molecule has 1 saturated heterocycles. The molecule has 0 spiro atoms. The molecule has 2 atom stereocenters. The Bertz CT molecular complexity index is 510. The topological polar surface area (TPSA) is 21.3 Å². The van der Waals surface area contributed by atoms with Crippen molar-refractivity contribution in [2.24, 2.45) is 5.92 Å². The lowest BCUT2D eigenvalue weighted by Crippen LogP contribution is -2.38. The summed E-state index contributed by atoms with van der Waals surface area (Å²) in [5.74, 6) is 0.459. The molecule has 2 nitrogen and oxygen atoms in total. The average molecular weight is 354 g/mol. The number of nitrogens with one attached hydrogen (secondary N) is 1. The summed E-state index contributed by atoms with van der Waals surface area (Å²) in [5, 5.41) is 3.70. The summed E-state index contributed by atoms with van der Waals surface area (Å²) >= 11 is 3.62. The van der Waals surface area contributed by atoms with Gasteiger partial charge in [-0.2, -0.15) is 0 Å². The quantitative estimate of drug-likeness (QED) is 0.821. The molecule has 3 heteroatoms. The van der Waals surface area contributed by atoms with Crippen molar-refractivity contribution in [2.45, 2.75) is 65.2 Å². The van der Waals surface area contributed by atoms with Gasteiger partial charge in [0.25, 0.3) is 0 Å². The number of rotatable bonds is 4. The lowest BCUT2D eigenvalue weighted by Gasteiger charge is -2.34. The molecule has 2 rings (SSSR count). The van der Waals surface area contributed by atoms with Crippen LogP contribution in [-0.4, -0.2) is 17.7 Å². The molecule has 0 bridgehead atoms. The van der Waals surface area contributed by atoms with Gasteiger partial charge in [-0.25, -0.2) is 0 Å². The van der Waals surface area contributed by atoms with Crippen LogP contribution in [0, 0.1) is 12.8 Å². The summed E-state index contributed by atoms with van der Waals surface area (Å²) in [5.41, 5.74) is 2.54. The van der Waals surface area contributed by atoms with Crippen molar-refractivity contribution in [3.63, 3.8) is 0 Å². The zero-order valence-corrected chi connectivity index (χ0v) is 15.7. The molecule has 0 aliphatic carbocycles. The Hall–Kier alpha value is -0.380. The third-order valence-electron chi connectivity index (χ3n) is 4.55. The molecule has 118 valence electrons. The first kappa shape index (κ1) is 17.0. The summed E-state index contributed by atoms with van der Waals surface area (Å²) in [6, 6.07) is 6.88. The number of benzene rings is 1. The van der Waals surface area contributed by atoms with Crippen molar-refractivity contribution in [3.05, 3.63) is 33.8 Å². The highest BCUT2D eigenvalue weighted by Crippen LogP contribution is 2.48. The van der Waals surface area contributed by atoms with Crippen LogP contribution in [0.15, 0.2) is 22.7 Å². The minimum Gasteiger partial charge on any atom is -0.369 e. The molecule has 0 aromatic heterocycles. The monoisotopic (exact) mass is 353 g/mol. The number of hydrogen-bond acceptors (Lipinski definition) is 2. The van der Waals surface area contributed by atoms with Crippen molar-refractivity contribution in [1.29, 1.82) is 0 Å². The molecule has 0 saturated carbocycles. The summed E-state index contributed by atoms with van der Waals surface area (Å²) in [4.78, 5) is 0. The number of aryl methyl sites for hydroxylation is 1. The highest BCUT2D eigenvalue weighted by Gasteiger charge is 2.49. The second-order valence-corrected chi connectivity index (χ2v) is 8.23. The molecular weight excluding hydrogens is 326 g/mol. The van der Waals surface area contributed by atoms with Gasteiger partial charge >= 0.3 is 0 Å². The summed E-state index contributed by atoms with van der Waals surface area (Å²) in [7, 11) is 0. The van der Waals surface area contributed by atoms with Crippen LogP contribution >= 0.6 is 15.9 Å². The molecular formula is C18H28BrNO. The standard InChI is InChI=1S/C18H28BrNO/c1-7-20-16(14-10-13(19)9-8-12(14)2)15-11-17(3,4)21-18(15,5)6/h8-10,15-16,20H,7,11H2,1-6H3. The second kappa shape index (κ2) is 6.02. The fourth-order valence-electron chi connectivity index (χ4n) is 3.76. The Morgan fingerprint density at radius 1 is 1.33 bits per heavy atom. The van der Waals surface area contributed by atoms with Crippen LogP contribution in [-0.2, 0) is 4.74 Å². The molecule has 1 heterocycles. The largest absolute Gasteiger partial charge is 0.369 e. The molecule has 2 unspecified atom stereocenters. The highest BCUT2D eigenvalue weighted by atomic mass is 79.9. The molecule has 1 aromatic carbocycles. The van der Waals surface area contributed by atoms with Crippen molar-refractivity contribution in [2.75, 3.05) is 6.54 Å². The molecule has 21 heavy (non-hydrogen) atoms. The van der Waals surface area contributed by atoms with Crippen LogP contribution in [0.25, 0.3) is 0 Å². The van der Waals surface area contributed by atoms with Gasteiger partial charge in [0.15, 0.2) is 0 Å². The van der Waals surface area contributed by atoms with E-state index in [1.54, 1.807) is 0 Å². The zero-order valence-electron chi connectivity index (χ0n) is 14.1. The fourth-order valence-corrected chi connectivity index (χ4v) is 4.14. The van der Waals surface area contributed by atoms with Crippen LogP contribution in [0.5, 0.6) is 0 Å². The third kappa shape index (κ3) is 3.69. The summed E-state index contributed by atoms with van der Waals surface area (Å²) < 4.78 is 7.46. The van der Waals surface area contributed by atoms with E-state index >= 15 is 0 Å². The van der Waals surface area contributed by atoms with Crippen LogP contribution in [0.1, 0.15) is 58.2 Å². The second-order valence-electron chi connectivity index (χ2n) is 7.31. The van der Waals surface area contributed by atoms with Crippen LogP contribution in [0.3, 0.4) is 0 Å². The predicted molar refractivity (Wildman–Crippen MR) is 92.6 cm³/mol. The molecule has 0 radical (unpaired) electrons. The van der Waals surface area contributed by atoms with E-state index in [1.165, 1.54) is 11.1 Å². The van der Waals surface area contributed by atoms with Gasteiger partial charge in [0, 0.05) is 16.4 Å². The number of halogens is 1. The van der Waals surface area contributed by atoms with Crippen LogP contribution < -0.4 is 5.32 Å². The first-order chi connectivity index (χ1) is 9.66. The molecule has 1 aromatic rings. The lowest BCUT2D eigenvalue weighted by molar-refractivity contribution is -0.0778. The Labute approximate surface area is 137 Å². The van der Waals surface area contributed by atoms with Crippen molar-refractivity contribution < 1.29 is 4.74 Å². The number of ether oxygens (including phenoxy) is 1. The van der Waals surface area contributed by atoms with Crippen LogP contribution in [0.4, 0.5) is 0 Å². The SMILES string of the molecule is CCNC(c1cc(Br)ccc1C)C1CC(C)(C)OC1(C)C. The van der Waals surface area contributed by atoms with E-state index in [-0.39, 0.29) is 11.2 Å². The van der Waals surface area contributed by atoms with Gasteiger partial charge in [0.05, 0.1) is 11.2 Å². The minimum absolute atomic E-state index is 0.0538. The maximum Gasteiger partial charge on any atom is 0.0681 e. The molecule has 1 fully saturated rings. The Balaban J connectivity index is 2.42. The van der Waals surface area contributed by atoms with Crippen molar-refractivity contribution in [1.82, 2.24) is 5.32 Å². The Kier molecular flexibility index (Phi) is 4.87. The van der Waals surface area contributed by atoms with E-state index in [0.29, 0.717) is 12.0 Å². The fraction of sp³-hybridized carbons (Fsp3) is 0.667. The summed E-state index contributed by atoms with van der Waals surface area (Å²) in [6.07, 6.45) is 1.07. The van der Waals surface area contributed by atoms with E-state index in [0.717, 1.165) is 17.4 Å². The smallest absolute Gasteiger partial charge is 0.0681 e. The normalized spacial score (nSPS) is 25.0. The van der Waals surface area contributed by atoms with E-state index in [9.17, 15) is 0 Å². The van der Waals surface area contributed by atoms with Crippen LogP contribution in [0.2, 0.25) is 0 Å². The number of hydrogen-bond donors (Lipinski definition) is 1. The third-order valence-corrected chi connectivity index (χ3v) is 5.04. The first-order valence-electron chi connectivity index (χ1n) is 7.86.